The second-order valence-corrected chi connectivity index (χ2v) is 7.02. The summed E-state index contributed by atoms with van der Waals surface area (Å²) in [6, 6.07) is 12.7. The van der Waals surface area contributed by atoms with Crippen LogP contribution in [0, 0.1) is 0 Å². The Bertz CT molecular complexity index is 630. The molecule has 1 aromatic carbocycles. The van der Waals surface area contributed by atoms with Crippen LogP contribution < -0.4 is 0 Å². The minimum atomic E-state index is 0.198. The van der Waals surface area contributed by atoms with Crippen LogP contribution in [0.1, 0.15) is 27.7 Å². The first-order chi connectivity index (χ1) is 11.3. The van der Waals surface area contributed by atoms with Crippen molar-refractivity contribution in [3.63, 3.8) is 0 Å². The van der Waals surface area contributed by atoms with Crippen LogP contribution in [0.4, 0.5) is 0 Å². The SMILES string of the molecule is CCc1cc(C(=O)N2CCN(CCc3ccccc3)CC2)cs1. The molecular weight excluding hydrogens is 304 g/mol. The number of thiophene rings is 1. The predicted octanol–water partition coefficient (Wildman–Crippen LogP) is 3.31. The van der Waals surface area contributed by atoms with E-state index in [0.29, 0.717) is 0 Å². The molecule has 2 heterocycles. The number of benzene rings is 1. The van der Waals surface area contributed by atoms with Crippen LogP contribution in [0.5, 0.6) is 0 Å². The van der Waals surface area contributed by atoms with Crippen molar-refractivity contribution in [1.82, 2.24) is 9.80 Å². The topological polar surface area (TPSA) is 23.6 Å². The Morgan fingerprint density at radius 3 is 2.52 bits per heavy atom. The van der Waals surface area contributed by atoms with Gasteiger partial charge in [-0.25, -0.2) is 0 Å². The van der Waals surface area contributed by atoms with E-state index in [1.165, 1.54) is 10.4 Å². The van der Waals surface area contributed by atoms with Gasteiger partial charge in [-0.15, -0.1) is 11.3 Å². The highest BCUT2D eigenvalue weighted by Gasteiger charge is 2.22. The molecule has 23 heavy (non-hydrogen) atoms. The standard InChI is InChI=1S/C19H24N2OS/c1-2-18-14-17(15-23-18)19(22)21-12-10-20(11-13-21)9-8-16-6-4-3-5-7-16/h3-7,14-15H,2,8-13H2,1H3. The van der Waals surface area contributed by atoms with E-state index < -0.39 is 0 Å². The molecule has 0 saturated carbocycles. The molecule has 1 aliphatic heterocycles. The largest absolute Gasteiger partial charge is 0.336 e. The van der Waals surface area contributed by atoms with Crippen LogP contribution in [0.25, 0.3) is 0 Å². The zero-order chi connectivity index (χ0) is 16.1. The molecule has 0 bridgehead atoms. The molecule has 0 atom stereocenters. The van der Waals surface area contributed by atoms with Gasteiger partial charge in [0.1, 0.15) is 0 Å². The van der Waals surface area contributed by atoms with Gasteiger partial charge < -0.3 is 4.90 Å². The van der Waals surface area contributed by atoms with Crippen molar-refractivity contribution >= 4 is 17.2 Å². The lowest BCUT2D eigenvalue weighted by molar-refractivity contribution is 0.0639. The maximum absolute atomic E-state index is 12.5. The first-order valence-electron chi connectivity index (χ1n) is 8.39. The zero-order valence-electron chi connectivity index (χ0n) is 13.7. The molecule has 1 aromatic heterocycles. The van der Waals surface area contributed by atoms with E-state index in [-0.39, 0.29) is 5.91 Å². The van der Waals surface area contributed by atoms with Gasteiger partial charge in [0.05, 0.1) is 5.56 Å². The minimum absolute atomic E-state index is 0.198. The van der Waals surface area contributed by atoms with E-state index in [2.05, 4.69) is 48.2 Å². The van der Waals surface area contributed by atoms with E-state index in [0.717, 1.165) is 51.1 Å². The molecule has 4 heteroatoms. The van der Waals surface area contributed by atoms with Crippen molar-refractivity contribution in [2.75, 3.05) is 32.7 Å². The van der Waals surface area contributed by atoms with Crippen LogP contribution in [0.2, 0.25) is 0 Å². The maximum Gasteiger partial charge on any atom is 0.254 e. The number of carbonyl (C=O) groups excluding carboxylic acids is 1. The summed E-state index contributed by atoms with van der Waals surface area (Å²) in [6.45, 7) is 6.83. The van der Waals surface area contributed by atoms with Gasteiger partial charge in [0, 0.05) is 43.0 Å². The molecule has 0 N–H and O–H groups in total. The van der Waals surface area contributed by atoms with Gasteiger partial charge in [-0.05, 0) is 24.5 Å². The number of piperazine rings is 1. The Morgan fingerprint density at radius 2 is 1.87 bits per heavy atom. The zero-order valence-corrected chi connectivity index (χ0v) is 14.5. The lowest BCUT2D eigenvalue weighted by Gasteiger charge is -2.34. The normalized spacial score (nSPS) is 15.8. The van der Waals surface area contributed by atoms with Crippen molar-refractivity contribution in [2.45, 2.75) is 19.8 Å². The molecule has 0 radical (unpaired) electrons. The molecule has 3 rings (SSSR count). The highest BCUT2D eigenvalue weighted by molar-refractivity contribution is 7.10. The summed E-state index contributed by atoms with van der Waals surface area (Å²) in [5.41, 5.74) is 2.25. The highest BCUT2D eigenvalue weighted by atomic mass is 32.1. The van der Waals surface area contributed by atoms with Crippen LogP contribution in [0.3, 0.4) is 0 Å². The second kappa shape index (κ2) is 7.75. The van der Waals surface area contributed by atoms with Crippen LogP contribution in [0.15, 0.2) is 41.8 Å². The molecule has 0 aliphatic carbocycles. The van der Waals surface area contributed by atoms with E-state index in [4.69, 9.17) is 0 Å². The summed E-state index contributed by atoms with van der Waals surface area (Å²) in [4.78, 5) is 18.3. The van der Waals surface area contributed by atoms with Crippen LogP contribution in [-0.2, 0) is 12.8 Å². The monoisotopic (exact) mass is 328 g/mol. The molecule has 1 saturated heterocycles. The number of aryl methyl sites for hydroxylation is 1. The van der Waals surface area contributed by atoms with Gasteiger partial charge in [0.15, 0.2) is 0 Å². The fourth-order valence-electron chi connectivity index (χ4n) is 2.97. The quantitative estimate of drug-likeness (QED) is 0.841. The summed E-state index contributed by atoms with van der Waals surface area (Å²) in [5.74, 6) is 0.198. The summed E-state index contributed by atoms with van der Waals surface area (Å²) < 4.78 is 0. The summed E-state index contributed by atoms with van der Waals surface area (Å²) in [5, 5.41) is 2.00. The second-order valence-electron chi connectivity index (χ2n) is 6.02. The minimum Gasteiger partial charge on any atom is -0.336 e. The van der Waals surface area contributed by atoms with Gasteiger partial charge in [0.2, 0.25) is 0 Å². The van der Waals surface area contributed by atoms with E-state index in [1.807, 2.05) is 10.3 Å². The highest BCUT2D eigenvalue weighted by Crippen LogP contribution is 2.18. The van der Waals surface area contributed by atoms with E-state index in [1.54, 1.807) is 11.3 Å². The number of carbonyl (C=O) groups is 1. The third-order valence-electron chi connectivity index (χ3n) is 4.47. The summed E-state index contributed by atoms with van der Waals surface area (Å²) >= 11 is 1.69. The molecule has 122 valence electrons. The number of rotatable bonds is 5. The van der Waals surface area contributed by atoms with Crippen molar-refractivity contribution in [3.05, 3.63) is 57.8 Å². The van der Waals surface area contributed by atoms with E-state index >= 15 is 0 Å². The average molecular weight is 328 g/mol. The first-order valence-corrected chi connectivity index (χ1v) is 9.27. The van der Waals surface area contributed by atoms with Crippen molar-refractivity contribution in [1.29, 1.82) is 0 Å². The fraction of sp³-hybridized carbons (Fsp3) is 0.421. The van der Waals surface area contributed by atoms with Crippen molar-refractivity contribution in [2.24, 2.45) is 0 Å². The van der Waals surface area contributed by atoms with E-state index in [9.17, 15) is 4.79 Å². The lowest BCUT2D eigenvalue weighted by atomic mass is 10.1. The number of hydrogen-bond donors (Lipinski definition) is 0. The maximum atomic E-state index is 12.5. The third kappa shape index (κ3) is 4.21. The van der Waals surface area contributed by atoms with Crippen LogP contribution in [-0.4, -0.2) is 48.4 Å². The lowest BCUT2D eigenvalue weighted by Crippen LogP contribution is -2.49. The molecular formula is C19H24N2OS. The number of hydrogen-bond acceptors (Lipinski definition) is 3. The predicted molar refractivity (Wildman–Crippen MR) is 96.2 cm³/mol. The van der Waals surface area contributed by atoms with Gasteiger partial charge in [-0.1, -0.05) is 37.3 Å². The Labute approximate surface area is 142 Å². The molecule has 0 spiro atoms. The van der Waals surface area contributed by atoms with Gasteiger partial charge >= 0.3 is 0 Å². The molecule has 1 aliphatic rings. The molecule has 1 amide bonds. The van der Waals surface area contributed by atoms with Gasteiger partial charge in [0.25, 0.3) is 5.91 Å². The van der Waals surface area contributed by atoms with Gasteiger partial charge in [-0.3, -0.25) is 9.69 Å². The molecule has 2 aromatic rings. The number of nitrogens with zero attached hydrogens (tertiary/aromatic N) is 2. The Kier molecular flexibility index (Phi) is 5.47. The van der Waals surface area contributed by atoms with Crippen LogP contribution >= 0.6 is 11.3 Å². The number of amides is 1. The average Bonchev–Trinajstić information content (AvgIpc) is 3.10. The fourth-order valence-corrected chi connectivity index (χ4v) is 3.78. The Hall–Kier alpha value is -1.65. The Morgan fingerprint density at radius 1 is 1.13 bits per heavy atom. The summed E-state index contributed by atoms with van der Waals surface area (Å²) in [6.07, 6.45) is 2.09. The van der Waals surface area contributed by atoms with Gasteiger partial charge in [-0.2, -0.15) is 0 Å². The van der Waals surface area contributed by atoms with Crippen molar-refractivity contribution in [3.8, 4) is 0 Å². The third-order valence-corrected chi connectivity index (χ3v) is 5.55. The molecule has 3 nitrogen and oxygen atoms in total. The smallest absolute Gasteiger partial charge is 0.254 e. The molecule has 1 fully saturated rings. The summed E-state index contributed by atoms with van der Waals surface area (Å²) in [7, 11) is 0. The Balaban J connectivity index is 1.47. The van der Waals surface area contributed by atoms with Crippen molar-refractivity contribution < 1.29 is 4.79 Å². The first kappa shape index (κ1) is 16.2. The molecule has 0 unspecified atom stereocenters.